The fourth-order valence-electron chi connectivity index (χ4n) is 4.68. The zero-order valence-corrected chi connectivity index (χ0v) is 19.7. The summed E-state index contributed by atoms with van der Waals surface area (Å²) in [5.74, 6) is 0. The second kappa shape index (κ2) is 6.62. The van der Waals surface area contributed by atoms with Gasteiger partial charge in [-0.3, -0.25) is 4.98 Å². The van der Waals surface area contributed by atoms with Crippen LogP contribution in [-0.2, 0) is 5.41 Å². The van der Waals surface area contributed by atoms with Crippen LogP contribution in [0.25, 0.3) is 52.3 Å². The molecule has 0 aliphatic carbocycles. The molecule has 0 aliphatic rings. The minimum absolute atomic E-state index is 0.0599. The minimum Gasteiger partial charge on any atom is -0.255 e. The maximum absolute atomic E-state index is 4.90. The third-order valence-electron chi connectivity index (χ3n) is 6.23. The standard InChI is InChI=1S/C28H23NS2/c1-16-15-30-26-19(16)9-10-23-24(26)21-11-12-29-25(27(21)31-23)18-13-17-7-5-6-8-20(17)22(14-18)28(2,3)4/h5-15H,1-4H3. The van der Waals surface area contributed by atoms with Crippen molar-refractivity contribution in [2.75, 3.05) is 0 Å². The lowest BCUT2D eigenvalue weighted by molar-refractivity contribution is 0.596. The van der Waals surface area contributed by atoms with E-state index in [-0.39, 0.29) is 5.41 Å². The summed E-state index contributed by atoms with van der Waals surface area (Å²) in [6.45, 7) is 9.08. The lowest BCUT2D eigenvalue weighted by Gasteiger charge is -2.22. The molecular weight excluding hydrogens is 414 g/mol. The topological polar surface area (TPSA) is 12.9 Å². The molecule has 31 heavy (non-hydrogen) atoms. The normalized spacial score (nSPS) is 12.5. The van der Waals surface area contributed by atoms with E-state index in [1.807, 2.05) is 28.9 Å². The second-order valence-corrected chi connectivity index (χ2v) is 11.3. The fraction of sp³-hybridized carbons (Fsp3) is 0.179. The molecule has 3 heterocycles. The molecule has 3 aromatic heterocycles. The smallest absolute Gasteiger partial charge is 0.0880 e. The Morgan fingerprint density at radius 2 is 1.68 bits per heavy atom. The van der Waals surface area contributed by atoms with Crippen molar-refractivity contribution in [3.05, 3.63) is 77.3 Å². The summed E-state index contributed by atoms with van der Waals surface area (Å²) in [7, 11) is 0. The van der Waals surface area contributed by atoms with Gasteiger partial charge in [-0.1, -0.05) is 51.1 Å². The average molecular weight is 438 g/mol. The molecule has 0 fully saturated rings. The van der Waals surface area contributed by atoms with E-state index in [9.17, 15) is 0 Å². The van der Waals surface area contributed by atoms with E-state index in [0.29, 0.717) is 0 Å². The summed E-state index contributed by atoms with van der Waals surface area (Å²) >= 11 is 3.73. The highest BCUT2D eigenvalue weighted by Crippen LogP contribution is 2.45. The van der Waals surface area contributed by atoms with Crippen LogP contribution in [0.5, 0.6) is 0 Å². The molecule has 0 spiro atoms. The van der Waals surface area contributed by atoms with Crippen molar-refractivity contribution >= 4 is 63.7 Å². The van der Waals surface area contributed by atoms with Gasteiger partial charge in [0.25, 0.3) is 0 Å². The third-order valence-corrected chi connectivity index (χ3v) is 8.54. The van der Waals surface area contributed by atoms with E-state index in [1.54, 1.807) is 0 Å². The lowest BCUT2D eigenvalue weighted by atomic mass is 9.82. The number of nitrogens with zero attached hydrogens (tertiary/aromatic N) is 1. The van der Waals surface area contributed by atoms with Gasteiger partial charge in [-0.05, 0) is 69.3 Å². The number of aromatic nitrogens is 1. The summed E-state index contributed by atoms with van der Waals surface area (Å²) in [4.78, 5) is 4.90. The van der Waals surface area contributed by atoms with Crippen LogP contribution in [0.15, 0.2) is 66.2 Å². The van der Waals surface area contributed by atoms with Gasteiger partial charge in [-0.15, -0.1) is 22.7 Å². The molecule has 0 N–H and O–H groups in total. The molecule has 6 rings (SSSR count). The van der Waals surface area contributed by atoms with E-state index in [2.05, 4.69) is 87.7 Å². The van der Waals surface area contributed by atoms with Gasteiger partial charge in [0.05, 0.1) is 10.4 Å². The molecule has 0 radical (unpaired) electrons. The first-order valence-corrected chi connectivity index (χ1v) is 12.3. The van der Waals surface area contributed by atoms with Gasteiger partial charge in [-0.25, -0.2) is 0 Å². The first-order valence-electron chi connectivity index (χ1n) is 10.6. The minimum atomic E-state index is 0.0599. The molecular formula is C28H23NS2. The van der Waals surface area contributed by atoms with E-state index in [1.165, 1.54) is 57.7 Å². The fourth-order valence-corrected chi connectivity index (χ4v) is 7.08. The summed E-state index contributed by atoms with van der Waals surface area (Å²) in [5, 5.41) is 8.96. The number of fused-ring (bicyclic) bond motifs is 6. The molecule has 0 aliphatic heterocycles. The highest BCUT2D eigenvalue weighted by atomic mass is 32.1. The van der Waals surface area contributed by atoms with Crippen molar-refractivity contribution < 1.29 is 0 Å². The summed E-state index contributed by atoms with van der Waals surface area (Å²) in [5.41, 5.74) is 5.09. The van der Waals surface area contributed by atoms with Gasteiger partial charge in [0.2, 0.25) is 0 Å². The lowest BCUT2D eigenvalue weighted by Crippen LogP contribution is -2.12. The monoisotopic (exact) mass is 437 g/mol. The van der Waals surface area contributed by atoms with Crippen molar-refractivity contribution in [1.82, 2.24) is 4.98 Å². The van der Waals surface area contributed by atoms with Gasteiger partial charge in [-0.2, -0.15) is 0 Å². The van der Waals surface area contributed by atoms with Gasteiger partial charge in [0.1, 0.15) is 0 Å². The zero-order valence-electron chi connectivity index (χ0n) is 18.1. The van der Waals surface area contributed by atoms with Crippen LogP contribution >= 0.6 is 22.7 Å². The number of rotatable bonds is 1. The Labute approximate surface area is 190 Å². The molecule has 0 atom stereocenters. The van der Waals surface area contributed by atoms with Crippen LogP contribution in [0.3, 0.4) is 0 Å². The predicted molar refractivity (Wildman–Crippen MR) is 139 cm³/mol. The van der Waals surface area contributed by atoms with Gasteiger partial charge >= 0.3 is 0 Å². The molecule has 0 unspecified atom stereocenters. The quantitative estimate of drug-likeness (QED) is 0.250. The average Bonchev–Trinajstić information content (AvgIpc) is 3.32. The molecule has 0 amide bonds. The van der Waals surface area contributed by atoms with Crippen LogP contribution in [0.2, 0.25) is 0 Å². The number of hydrogen-bond acceptors (Lipinski definition) is 3. The highest BCUT2D eigenvalue weighted by molar-refractivity contribution is 7.27. The Bertz CT molecular complexity index is 1630. The van der Waals surface area contributed by atoms with E-state index in [4.69, 9.17) is 4.98 Å². The van der Waals surface area contributed by atoms with Crippen LogP contribution in [0.4, 0.5) is 0 Å². The van der Waals surface area contributed by atoms with E-state index >= 15 is 0 Å². The molecule has 1 nitrogen and oxygen atoms in total. The van der Waals surface area contributed by atoms with E-state index < -0.39 is 0 Å². The number of hydrogen-bond donors (Lipinski definition) is 0. The molecule has 3 heteroatoms. The van der Waals surface area contributed by atoms with Gasteiger partial charge in [0.15, 0.2) is 0 Å². The Hall–Kier alpha value is -2.75. The SMILES string of the molecule is Cc1csc2c1ccc1sc3c(-c4cc(C(C)(C)C)c5ccccc5c4)nccc3c12. The Morgan fingerprint density at radius 1 is 0.839 bits per heavy atom. The number of thiophene rings is 2. The maximum Gasteiger partial charge on any atom is 0.0880 e. The van der Waals surface area contributed by atoms with Crippen LogP contribution in [-0.4, -0.2) is 4.98 Å². The summed E-state index contributed by atoms with van der Waals surface area (Å²) in [6.07, 6.45) is 1.98. The Balaban J connectivity index is 1.71. The van der Waals surface area contributed by atoms with Crippen molar-refractivity contribution in [2.24, 2.45) is 0 Å². The molecule has 0 bridgehead atoms. The second-order valence-electron chi connectivity index (χ2n) is 9.37. The number of benzene rings is 3. The Morgan fingerprint density at radius 3 is 2.52 bits per heavy atom. The van der Waals surface area contributed by atoms with Crippen molar-refractivity contribution in [3.63, 3.8) is 0 Å². The molecule has 3 aromatic carbocycles. The molecule has 152 valence electrons. The van der Waals surface area contributed by atoms with Crippen molar-refractivity contribution in [1.29, 1.82) is 0 Å². The van der Waals surface area contributed by atoms with Crippen LogP contribution in [0.1, 0.15) is 31.9 Å². The van der Waals surface area contributed by atoms with Crippen molar-refractivity contribution in [2.45, 2.75) is 33.1 Å². The molecule has 6 aromatic rings. The largest absolute Gasteiger partial charge is 0.255 e. The number of pyridine rings is 1. The van der Waals surface area contributed by atoms with Crippen LogP contribution in [0, 0.1) is 6.92 Å². The Kier molecular flexibility index (Phi) is 4.05. The number of aryl methyl sites for hydroxylation is 1. The third kappa shape index (κ3) is 2.84. The highest BCUT2D eigenvalue weighted by Gasteiger charge is 2.20. The van der Waals surface area contributed by atoms with E-state index in [0.717, 1.165) is 5.69 Å². The van der Waals surface area contributed by atoms with Crippen LogP contribution < -0.4 is 0 Å². The first-order chi connectivity index (χ1) is 14.9. The summed E-state index contributed by atoms with van der Waals surface area (Å²) < 4.78 is 4.02. The maximum atomic E-state index is 4.90. The zero-order chi connectivity index (χ0) is 21.3. The molecule has 0 saturated heterocycles. The molecule has 0 saturated carbocycles. The summed E-state index contributed by atoms with van der Waals surface area (Å²) in [6, 6.07) is 20.1. The van der Waals surface area contributed by atoms with Gasteiger partial charge < -0.3 is 0 Å². The van der Waals surface area contributed by atoms with Crippen molar-refractivity contribution in [3.8, 4) is 11.3 Å². The van der Waals surface area contributed by atoms with Gasteiger partial charge in [0, 0.05) is 31.9 Å². The predicted octanol–water partition coefficient (Wildman–Crippen LogP) is 9.09. The first kappa shape index (κ1) is 19.0.